The van der Waals surface area contributed by atoms with Gasteiger partial charge in [0.2, 0.25) is 0 Å². The van der Waals surface area contributed by atoms with E-state index in [2.05, 4.69) is 15.6 Å². The number of carbonyl (C=O) groups is 1. The largest absolute Gasteiger partial charge is 0.416 e. The SMILES string of the molecule is Nc1ccc(C(F)(F)F)cc1NC(=O)N1C=CSC1Nc1ncccc1Cl. The second kappa shape index (κ2) is 7.57. The van der Waals surface area contributed by atoms with Gasteiger partial charge >= 0.3 is 12.2 Å². The Hall–Kier alpha value is -2.59. The molecule has 2 heterocycles. The standard InChI is InChI=1S/C16H13ClF3N5OS/c17-10-2-1-5-22-13(10)24-15-25(6-7-27-15)14(26)23-12-8-9(16(18,19)20)3-4-11(12)21/h1-8,15H,21H2,(H,22,24)(H,23,26). The van der Waals surface area contributed by atoms with Gasteiger partial charge in [-0.15, -0.1) is 0 Å². The van der Waals surface area contributed by atoms with Crippen molar-refractivity contribution in [1.82, 2.24) is 9.88 Å². The van der Waals surface area contributed by atoms with E-state index in [0.717, 1.165) is 18.2 Å². The zero-order chi connectivity index (χ0) is 19.6. The topological polar surface area (TPSA) is 83.3 Å². The smallest absolute Gasteiger partial charge is 0.397 e. The number of aromatic nitrogens is 1. The minimum atomic E-state index is -4.55. The van der Waals surface area contributed by atoms with Crippen LogP contribution in [0.5, 0.6) is 0 Å². The fourth-order valence-electron chi connectivity index (χ4n) is 2.23. The van der Waals surface area contributed by atoms with Crippen molar-refractivity contribution < 1.29 is 18.0 Å². The monoisotopic (exact) mass is 415 g/mol. The molecule has 1 aliphatic heterocycles. The molecule has 2 amide bonds. The fourth-order valence-corrected chi connectivity index (χ4v) is 3.23. The lowest BCUT2D eigenvalue weighted by molar-refractivity contribution is -0.137. The highest BCUT2D eigenvalue weighted by molar-refractivity contribution is 8.03. The van der Waals surface area contributed by atoms with Crippen LogP contribution < -0.4 is 16.4 Å². The number of nitrogens with one attached hydrogen (secondary N) is 2. The number of nitrogens with two attached hydrogens (primary N) is 1. The number of nitrogen functional groups attached to an aromatic ring is 1. The van der Waals surface area contributed by atoms with Gasteiger partial charge in [0.1, 0.15) is 5.82 Å². The summed E-state index contributed by atoms with van der Waals surface area (Å²) in [6, 6.07) is 5.37. The molecule has 27 heavy (non-hydrogen) atoms. The fraction of sp³-hybridized carbons (Fsp3) is 0.125. The van der Waals surface area contributed by atoms with Crippen LogP contribution in [0.25, 0.3) is 0 Å². The molecular weight excluding hydrogens is 403 g/mol. The minimum Gasteiger partial charge on any atom is -0.397 e. The molecule has 0 saturated carbocycles. The number of carbonyl (C=O) groups excluding carboxylic acids is 1. The summed E-state index contributed by atoms with van der Waals surface area (Å²) in [7, 11) is 0. The first-order valence-electron chi connectivity index (χ1n) is 7.51. The van der Waals surface area contributed by atoms with Crippen molar-refractivity contribution in [3.63, 3.8) is 0 Å². The number of urea groups is 1. The number of thioether (sulfide) groups is 1. The lowest BCUT2D eigenvalue weighted by Gasteiger charge is -2.25. The Labute approximate surface area is 161 Å². The number of rotatable bonds is 3. The van der Waals surface area contributed by atoms with E-state index in [1.54, 1.807) is 17.5 Å². The molecule has 1 aliphatic rings. The molecule has 1 unspecified atom stereocenters. The van der Waals surface area contributed by atoms with Crippen LogP contribution in [0.2, 0.25) is 5.02 Å². The van der Waals surface area contributed by atoms with Crippen LogP contribution in [0.4, 0.5) is 35.2 Å². The zero-order valence-corrected chi connectivity index (χ0v) is 15.1. The van der Waals surface area contributed by atoms with Crippen LogP contribution in [0.3, 0.4) is 0 Å². The molecule has 0 fully saturated rings. The van der Waals surface area contributed by atoms with Gasteiger partial charge in [-0.05, 0) is 35.7 Å². The summed E-state index contributed by atoms with van der Waals surface area (Å²) < 4.78 is 38.6. The summed E-state index contributed by atoms with van der Waals surface area (Å²) in [6.45, 7) is 0. The Morgan fingerprint density at radius 1 is 1.33 bits per heavy atom. The summed E-state index contributed by atoms with van der Waals surface area (Å²) >= 11 is 7.31. The maximum Gasteiger partial charge on any atom is 0.416 e. The van der Waals surface area contributed by atoms with Gasteiger partial charge in [0.05, 0.1) is 22.0 Å². The molecule has 1 aromatic heterocycles. The van der Waals surface area contributed by atoms with Crippen LogP contribution in [0.1, 0.15) is 5.56 Å². The van der Waals surface area contributed by atoms with E-state index in [0.29, 0.717) is 10.8 Å². The summed E-state index contributed by atoms with van der Waals surface area (Å²) in [5, 5.41) is 7.41. The highest BCUT2D eigenvalue weighted by Crippen LogP contribution is 2.34. The van der Waals surface area contributed by atoms with Crippen molar-refractivity contribution in [2.75, 3.05) is 16.4 Å². The molecule has 142 valence electrons. The lowest BCUT2D eigenvalue weighted by atomic mass is 10.1. The van der Waals surface area contributed by atoms with Gasteiger partial charge in [0, 0.05) is 12.4 Å². The van der Waals surface area contributed by atoms with E-state index in [1.807, 2.05) is 0 Å². The molecule has 1 aromatic carbocycles. The Morgan fingerprint density at radius 3 is 2.81 bits per heavy atom. The van der Waals surface area contributed by atoms with Crippen LogP contribution in [0.15, 0.2) is 48.1 Å². The van der Waals surface area contributed by atoms with Gasteiger partial charge in [0.25, 0.3) is 0 Å². The molecule has 1 atom stereocenters. The van der Waals surface area contributed by atoms with E-state index in [4.69, 9.17) is 17.3 Å². The van der Waals surface area contributed by atoms with E-state index in [9.17, 15) is 18.0 Å². The van der Waals surface area contributed by atoms with Crippen molar-refractivity contribution in [2.45, 2.75) is 11.7 Å². The molecule has 2 aromatic rings. The highest BCUT2D eigenvalue weighted by Gasteiger charge is 2.32. The van der Waals surface area contributed by atoms with Crippen molar-refractivity contribution in [2.24, 2.45) is 0 Å². The molecule has 0 radical (unpaired) electrons. The zero-order valence-electron chi connectivity index (χ0n) is 13.5. The van der Waals surface area contributed by atoms with Gasteiger partial charge in [-0.1, -0.05) is 23.4 Å². The average molecular weight is 416 g/mol. The van der Waals surface area contributed by atoms with Crippen molar-refractivity contribution in [1.29, 1.82) is 0 Å². The van der Waals surface area contributed by atoms with Gasteiger partial charge in [0.15, 0.2) is 5.50 Å². The molecule has 4 N–H and O–H groups in total. The molecule has 11 heteroatoms. The number of pyridine rings is 1. The molecule has 6 nitrogen and oxygen atoms in total. The Kier molecular flexibility index (Phi) is 5.38. The average Bonchev–Trinajstić information content (AvgIpc) is 3.06. The molecule has 3 rings (SSSR count). The molecule has 0 spiro atoms. The van der Waals surface area contributed by atoms with E-state index in [1.165, 1.54) is 29.1 Å². The van der Waals surface area contributed by atoms with Gasteiger partial charge in [-0.3, -0.25) is 4.90 Å². The van der Waals surface area contributed by atoms with Gasteiger partial charge < -0.3 is 16.4 Å². The number of hydrogen-bond donors (Lipinski definition) is 3. The van der Waals surface area contributed by atoms with Crippen molar-refractivity contribution >= 4 is 46.6 Å². The number of benzene rings is 1. The Balaban J connectivity index is 1.75. The number of nitrogens with zero attached hydrogens (tertiary/aromatic N) is 2. The number of halogens is 4. The Morgan fingerprint density at radius 2 is 2.11 bits per heavy atom. The number of hydrogen-bond acceptors (Lipinski definition) is 5. The normalized spacial score (nSPS) is 16.4. The second-order valence-corrected chi connectivity index (χ2v) is 6.79. The molecule has 0 aliphatic carbocycles. The van der Waals surface area contributed by atoms with Crippen molar-refractivity contribution in [3.8, 4) is 0 Å². The maximum absolute atomic E-state index is 12.9. The van der Waals surface area contributed by atoms with Crippen LogP contribution >= 0.6 is 23.4 Å². The Bertz CT molecular complexity index is 893. The third-order valence-electron chi connectivity index (χ3n) is 3.56. The molecule has 0 bridgehead atoms. The third kappa shape index (κ3) is 4.40. The van der Waals surface area contributed by atoms with Gasteiger partial charge in [-0.2, -0.15) is 13.2 Å². The maximum atomic E-state index is 12.9. The predicted octanol–water partition coefficient (Wildman–Crippen LogP) is 4.78. The summed E-state index contributed by atoms with van der Waals surface area (Å²) in [5.74, 6) is 0.372. The van der Waals surface area contributed by atoms with Crippen molar-refractivity contribution in [3.05, 3.63) is 58.7 Å². The number of anilines is 3. The first-order chi connectivity index (χ1) is 12.8. The first kappa shape index (κ1) is 19.2. The summed E-state index contributed by atoms with van der Waals surface area (Å²) in [5.41, 5.74) is 4.09. The van der Waals surface area contributed by atoms with Crippen LogP contribution in [-0.4, -0.2) is 21.4 Å². The second-order valence-electron chi connectivity index (χ2n) is 5.39. The third-order valence-corrected chi connectivity index (χ3v) is 4.74. The summed E-state index contributed by atoms with van der Waals surface area (Å²) in [4.78, 5) is 17.9. The van der Waals surface area contributed by atoms with Gasteiger partial charge in [-0.25, -0.2) is 9.78 Å². The quantitative estimate of drug-likeness (QED) is 0.628. The van der Waals surface area contributed by atoms with E-state index >= 15 is 0 Å². The summed E-state index contributed by atoms with van der Waals surface area (Å²) in [6.07, 6.45) is -1.52. The molecule has 0 saturated heterocycles. The predicted molar refractivity (Wildman–Crippen MR) is 100 cm³/mol. The van der Waals surface area contributed by atoms with E-state index in [-0.39, 0.29) is 11.4 Å². The minimum absolute atomic E-state index is 0.0180. The van der Waals surface area contributed by atoms with Crippen LogP contribution in [0, 0.1) is 0 Å². The first-order valence-corrected chi connectivity index (χ1v) is 8.83. The number of alkyl halides is 3. The van der Waals surface area contributed by atoms with Crippen LogP contribution in [-0.2, 0) is 6.18 Å². The van der Waals surface area contributed by atoms with E-state index < -0.39 is 23.3 Å². The number of amides is 2. The highest BCUT2D eigenvalue weighted by atomic mass is 35.5. The lowest BCUT2D eigenvalue weighted by Crippen LogP contribution is -2.39. The molecular formula is C16H13ClF3N5OS.